The third kappa shape index (κ3) is 9.35. The molecule has 0 bridgehead atoms. The SMILES string of the molecule is COC(=O)CNC(=O)C(N[C@@H](Cc1c[nH]c2ccccc12)C(=O)OC)[C@H](Cc1ccccc1)NC(=O)OC(C)(C)C. The Kier molecular flexibility index (Phi) is 10.9. The van der Waals surface area contributed by atoms with Gasteiger partial charge >= 0.3 is 18.0 Å². The van der Waals surface area contributed by atoms with Crippen molar-refractivity contribution in [2.45, 2.75) is 57.3 Å². The minimum Gasteiger partial charge on any atom is -0.468 e. The van der Waals surface area contributed by atoms with Gasteiger partial charge in [-0.15, -0.1) is 0 Å². The van der Waals surface area contributed by atoms with E-state index in [0.717, 1.165) is 22.0 Å². The number of hydrogen-bond donors (Lipinski definition) is 4. The quantitative estimate of drug-likeness (QED) is 0.193. The predicted octanol–water partition coefficient (Wildman–Crippen LogP) is 2.64. The van der Waals surface area contributed by atoms with Crippen molar-refractivity contribution in [2.24, 2.45) is 0 Å². The van der Waals surface area contributed by atoms with Crippen LogP contribution in [-0.2, 0) is 41.4 Å². The van der Waals surface area contributed by atoms with Crippen LogP contribution in [0.1, 0.15) is 31.9 Å². The number of para-hydroxylation sites is 1. The second kappa shape index (κ2) is 14.3. The first-order chi connectivity index (χ1) is 19.5. The minimum atomic E-state index is -1.18. The van der Waals surface area contributed by atoms with Crippen LogP contribution in [-0.4, -0.2) is 73.4 Å². The molecule has 11 nitrogen and oxygen atoms in total. The molecule has 0 spiro atoms. The molecule has 1 heterocycles. The summed E-state index contributed by atoms with van der Waals surface area (Å²) < 4.78 is 15.2. The lowest BCUT2D eigenvalue weighted by Gasteiger charge is -2.31. The Balaban J connectivity index is 1.98. The molecule has 0 aliphatic rings. The van der Waals surface area contributed by atoms with Crippen LogP contribution in [0.15, 0.2) is 60.8 Å². The lowest BCUT2D eigenvalue weighted by molar-refractivity contribution is -0.144. The summed E-state index contributed by atoms with van der Waals surface area (Å²) in [6, 6.07) is 13.8. The Morgan fingerprint density at radius 2 is 1.59 bits per heavy atom. The number of aromatic nitrogens is 1. The Morgan fingerprint density at radius 1 is 0.902 bits per heavy atom. The van der Waals surface area contributed by atoms with Crippen LogP contribution < -0.4 is 16.0 Å². The number of methoxy groups -OCH3 is 2. The number of benzene rings is 2. The smallest absolute Gasteiger partial charge is 0.407 e. The van der Waals surface area contributed by atoms with Crippen LogP contribution in [0.5, 0.6) is 0 Å². The van der Waals surface area contributed by atoms with E-state index in [1.165, 1.54) is 14.2 Å². The van der Waals surface area contributed by atoms with Crippen molar-refractivity contribution >= 4 is 34.8 Å². The molecule has 2 aromatic carbocycles. The summed E-state index contributed by atoms with van der Waals surface area (Å²) in [5, 5.41) is 9.38. The van der Waals surface area contributed by atoms with Crippen molar-refractivity contribution in [2.75, 3.05) is 20.8 Å². The molecule has 1 unspecified atom stereocenters. The molecule has 0 aliphatic carbocycles. The molecule has 3 atom stereocenters. The average molecular weight is 567 g/mol. The van der Waals surface area contributed by atoms with Gasteiger partial charge in [0.05, 0.1) is 20.3 Å². The van der Waals surface area contributed by atoms with Gasteiger partial charge in [-0.25, -0.2) is 4.79 Å². The zero-order chi connectivity index (χ0) is 30.0. The average Bonchev–Trinajstić information content (AvgIpc) is 3.35. The van der Waals surface area contributed by atoms with Crippen LogP contribution in [0.4, 0.5) is 4.79 Å². The maximum Gasteiger partial charge on any atom is 0.407 e. The topological polar surface area (TPSA) is 148 Å². The fourth-order valence-corrected chi connectivity index (χ4v) is 4.38. The molecule has 0 radical (unpaired) electrons. The molecular formula is C30H38N4O7. The minimum absolute atomic E-state index is 0.183. The molecule has 41 heavy (non-hydrogen) atoms. The van der Waals surface area contributed by atoms with E-state index in [1.807, 2.05) is 54.6 Å². The molecule has 11 heteroatoms. The van der Waals surface area contributed by atoms with Crippen LogP contribution in [0, 0.1) is 0 Å². The van der Waals surface area contributed by atoms with Crippen molar-refractivity contribution < 1.29 is 33.4 Å². The normalized spacial score (nSPS) is 13.5. The summed E-state index contributed by atoms with van der Waals surface area (Å²) in [6.45, 7) is 4.79. The number of carbonyl (C=O) groups is 4. The Morgan fingerprint density at radius 3 is 2.24 bits per heavy atom. The maximum atomic E-state index is 13.6. The number of nitrogens with one attached hydrogen (secondary N) is 4. The summed E-state index contributed by atoms with van der Waals surface area (Å²) in [6.07, 6.45) is 1.46. The number of alkyl carbamates (subject to hydrolysis) is 1. The van der Waals surface area contributed by atoms with Gasteiger partial charge in [-0.2, -0.15) is 0 Å². The van der Waals surface area contributed by atoms with Crippen LogP contribution in [0.3, 0.4) is 0 Å². The summed E-state index contributed by atoms with van der Waals surface area (Å²) in [7, 11) is 2.47. The number of ether oxygens (including phenoxy) is 3. The zero-order valence-corrected chi connectivity index (χ0v) is 24.0. The first kappa shape index (κ1) is 31.2. The van der Waals surface area contributed by atoms with Gasteiger partial charge in [0, 0.05) is 23.5 Å². The van der Waals surface area contributed by atoms with Gasteiger partial charge in [0.2, 0.25) is 5.91 Å². The number of amides is 2. The molecule has 3 rings (SSSR count). The van der Waals surface area contributed by atoms with Gasteiger partial charge < -0.3 is 29.8 Å². The van der Waals surface area contributed by atoms with Gasteiger partial charge in [-0.05, 0) is 44.4 Å². The number of H-pyrrole nitrogens is 1. The Bertz CT molecular complexity index is 1330. The number of esters is 2. The van der Waals surface area contributed by atoms with Crippen LogP contribution >= 0.6 is 0 Å². The van der Waals surface area contributed by atoms with Crippen molar-refractivity contribution in [3.63, 3.8) is 0 Å². The largest absolute Gasteiger partial charge is 0.468 e. The number of fused-ring (bicyclic) bond motifs is 1. The van der Waals surface area contributed by atoms with E-state index in [-0.39, 0.29) is 12.8 Å². The van der Waals surface area contributed by atoms with Gasteiger partial charge in [0.1, 0.15) is 24.2 Å². The summed E-state index contributed by atoms with van der Waals surface area (Å²) in [4.78, 5) is 54.5. The Labute approximate surface area is 239 Å². The number of hydrogen-bond acceptors (Lipinski definition) is 8. The molecule has 2 amide bonds. The molecule has 0 fully saturated rings. The standard InChI is InChI=1S/C30H38N4O7/c1-30(2,3)41-29(38)34-23(15-19-11-7-6-8-12-19)26(27(36)32-18-25(35)39-4)33-24(28(37)40-5)16-20-17-31-22-14-10-9-13-21(20)22/h6-14,17,23-24,26,31,33H,15-16,18H2,1-5H3,(H,32,36)(H,34,38)/t23-,24-,26?/m0/s1. The summed E-state index contributed by atoms with van der Waals surface area (Å²) >= 11 is 0. The number of aromatic amines is 1. The summed E-state index contributed by atoms with van der Waals surface area (Å²) in [5.74, 6) is -1.88. The van der Waals surface area contributed by atoms with Gasteiger partial charge in [0.15, 0.2) is 0 Å². The Hall–Kier alpha value is -4.38. The zero-order valence-electron chi connectivity index (χ0n) is 24.0. The first-order valence-electron chi connectivity index (χ1n) is 13.3. The highest BCUT2D eigenvalue weighted by Gasteiger charge is 2.35. The highest BCUT2D eigenvalue weighted by molar-refractivity contribution is 5.88. The molecule has 1 aromatic heterocycles. The molecular weight excluding hydrogens is 528 g/mol. The van der Waals surface area contributed by atoms with Crippen molar-refractivity contribution in [1.82, 2.24) is 20.9 Å². The van der Waals surface area contributed by atoms with Crippen LogP contribution in [0.2, 0.25) is 0 Å². The third-order valence-corrected chi connectivity index (χ3v) is 6.29. The maximum absolute atomic E-state index is 13.6. The van der Waals surface area contributed by atoms with Gasteiger partial charge in [-0.1, -0.05) is 48.5 Å². The second-order valence-electron chi connectivity index (χ2n) is 10.5. The molecule has 0 saturated heterocycles. The summed E-state index contributed by atoms with van der Waals surface area (Å²) in [5.41, 5.74) is 1.76. The van der Waals surface area contributed by atoms with E-state index in [1.54, 1.807) is 27.0 Å². The molecule has 3 aromatic rings. The fraction of sp³-hybridized carbons (Fsp3) is 0.400. The van der Waals surface area contributed by atoms with Crippen molar-refractivity contribution in [1.29, 1.82) is 0 Å². The van der Waals surface area contributed by atoms with Gasteiger partial charge in [0.25, 0.3) is 0 Å². The second-order valence-corrected chi connectivity index (χ2v) is 10.5. The number of rotatable bonds is 12. The van der Waals surface area contributed by atoms with E-state index in [0.29, 0.717) is 0 Å². The highest BCUT2D eigenvalue weighted by atomic mass is 16.6. The number of carbonyl (C=O) groups excluding carboxylic acids is 4. The molecule has 0 aliphatic heterocycles. The van der Waals surface area contributed by atoms with E-state index < -0.39 is 54.2 Å². The lowest BCUT2D eigenvalue weighted by Crippen LogP contribution is -2.62. The van der Waals surface area contributed by atoms with Crippen molar-refractivity contribution in [3.05, 3.63) is 71.9 Å². The highest BCUT2D eigenvalue weighted by Crippen LogP contribution is 2.20. The van der Waals surface area contributed by atoms with Gasteiger partial charge in [-0.3, -0.25) is 19.7 Å². The molecule has 4 N–H and O–H groups in total. The fourth-order valence-electron chi connectivity index (χ4n) is 4.38. The molecule has 0 saturated carbocycles. The monoisotopic (exact) mass is 566 g/mol. The third-order valence-electron chi connectivity index (χ3n) is 6.29. The van der Waals surface area contributed by atoms with E-state index in [2.05, 4.69) is 25.7 Å². The lowest BCUT2D eigenvalue weighted by atomic mass is 9.96. The first-order valence-corrected chi connectivity index (χ1v) is 13.3. The van der Waals surface area contributed by atoms with E-state index in [9.17, 15) is 19.2 Å². The van der Waals surface area contributed by atoms with E-state index >= 15 is 0 Å². The molecule has 220 valence electrons. The predicted molar refractivity (Wildman–Crippen MR) is 153 cm³/mol. The van der Waals surface area contributed by atoms with E-state index in [4.69, 9.17) is 9.47 Å². The van der Waals surface area contributed by atoms with Crippen molar-refractivity contribution in [3.8, 4) is 0 Å². The van der Waals surface area contributed by atoms with Crippen LogP contribution in [0.25, 0.3) is 10.9 Å².